The Balaban J connectivity index is 1.80. The fourth-order valence-corrected chi connectivity index (χ4v) is 2.38. The van der Waals surface area contributed by atoms with Gasteiger partial charge in [-0.2, -0.15) is 0 Å². The monoisotopic (exact) mass is 266 g/mol. The third kappa shape index (κ3) is 2.93. The first-order valence-corrected chi connectivity index (χ1v) is 6.39. The van der Waals surface area contributed by atoms with Gasteiger partial charge in [0.05, 0.1) is 0 Å². The Morgan fingerprint density at radius 2 is 2.44 bits per heavy atom. The minimum atomic E-state index is -0.866. The summed E-state index contributed by atoms with van der Waals surface area (Å²) in [5.74, 6) is 0.0429. The first-order valence-electron chi connectivity index (χ1n) is 5.51. The molecule has 0 unspecified atom stereocenters. The third-order valence-electron chi connectivity index (χ3n) is 2.59. The number of aryl methyl sites for hydroxylation is 1. The normalized spacial score (nSPS) is 10.7. The number of nitrogens with one attached hydrogen (secondary N) is 1. The van der Waals surface area contributed by atoms with Crippen molar-refractivity contribution in [3.05, 3.63) is 34.0 Å². The van der Waals surface area contributed by atoms with Crippen molar-refractivity contribution in [2.45, 2.75) is 13.0 Å². The van der Waals surface area contributed by atoms with Gasteiger partial charge in [-0.1, -0.05) is 0 Å². The standard InChI is InChI=1S/C11H14N4O2S/c1-15-7-13-14-9(15)2-4-12-6-8-3-5-18-10(8)11(16)17/h3,5,7,12H,2,4,6H2,1H3,(H,16,17). The van der Waals surface area contributed by atoms with Gasteiger partial charge in [0.1, 0.15) is 17.0 Å². The number of nitrogens with zero attached hydrogens (tertiary/aromatic N) is 3. The summed E-state index contributed by atoms with van der Waals surface area (Å²) < 4.78 is 1.87. The van der Waals surface area contributed by atoms with Gasteiger partial charge in [-0.15, -0.1) is 21.5 Å². The molecule has 0 radical (unpaired) electrons. The molecule has 0 aliphatic rings. The lowest BCUT2D eigenvalue weighted by Gasteiger charge is -2.04. The molecule has 0 aromatic carbocycles. The predicted octanol–water partition coefficient (Wildman–Crippen LogP) is 0.907. The highest BCUT2D eigenvalue weighted by Crippen LogP contribution is 2.16. The quantitative estimate of drug-likeness (QED) is 0.760. The van der Waals surface area contributed by atoms with E-state index in [2.05, 4.69) is 15.5 Å². The molecule has 0 saturated carbocycles. The van der Waals surface area contributed by atoms with E-state index in [4.69, 9.17) is 5.11 Å². The Morgan fingerprint density at radius 3 is 3.11 bits per heavy atom. The SMILES string of the molecule is Cn1cnnc1CCNCc1ccsc1C(=O)O. The Hall–Kier alpha value is -1.73. The summed E-state index contributed by atoms with van der Waals surface area (Å²) in [5.41, 5.74) is 0.825. The van der Waals surface area contributed by atoms with Gasteiger partial charge in [-0.3, -0.25) is 0 Å². The largest absolute Gasteiger partial charge is 0.477 e. The summed E-state index contributed by atoms with van der Waals surface area (Å²) in [6, 6.07) is 1.84. The van der Waals surface area contributed by atoms with Crippen molar-refractivity contribution in [1.82, 2.24) is 20.1 Å². The number of carbonyl (C=O) groups is 1. The van der Waals surface area contributed by atoms with E-state index in [9.17, 15) is 4.79 Å². The zero-order chi connectivity index (χ0) is 13.0. The molecule has 0 atom stereocenters. The zero-order valence-corrected chi connectivity index (χ0v) is 10.8. The van der Waals surface area contributed by atoms with Gasteiger partial charge in [-0.25, -0.2) is 4.79 Å². The van der Waals surface area contributed by atoms with E-state index >= 15 is 0 Å². The lowest BCUT2D eigenvalue weighted by molar-refractivity contribution is 0.0701. The maximum Gasteiger partial charge on any atom is 0.346 e. The maximum absolute atomic E-state index is 10.9. The Morgan fingerprint density at radius 1 is 1.61 bits per heavy atom. The van der Waals surface area contributed by atoms with Crippen LogP contribution in [0.3, 0.4) is 0 Å². The Kier molecular flexibility index (Phi) is 4.06. The molecule has 2 N–H and O–H groups in total. The molecule has 6 nitrogen and oxygen atoms in total. The molecule has 2 rings (SSSR count). The summed E-state index contributed by atoms with van der Waals surface area (Å²) in [5, 5.41) is 21.7. The first-order chi connectivity index (χ1) is 8.68. The van der Waals surface area contributed by atoms with E-state index in [-0.39, 0.29) is 0 Å². The second-order valence-corrected chi connectivity index (χ2v) is 4.78. The maximum atomic E-state index is 10.9. The lowest BCUT2D eigenvalue weighted by Crippen LogP contribution is -2.19. The molecular formula is C11H14N4O2S. The van der Waals surface area contributed by atoms with E-state index in [1.807, 2.05) is 17.7 Å². The third-order valence-corrected chi connectivity index (χ3v) is 3.53. The molecule has 2 aromatic rings. The molecule has 2 aromatic heterocycles. The number of aromatic nitrogens is 3. The van der Waals surface area contributed by atoms with Crippen LogP contribution in [0.2, 0.25) is 0 Å². The molecule has 0 aliphatic heterocycles. The number of hydrogen-bond acceptors (Lipinski definition) is 5. The number of carboxylic acids is 1. The van der Waals surface area contributed by atoms with Gasteiger partial charge < -0.3 is 15.0 Å². The number of hydrogen-bond donors (Lipinski definition) is 2. The summed E-state index contributed by atoms with van der Waals surface area (Å²) >= 11 is 1.25. The van der Waals surface area contributed by atoms with Crippen LogP contribution in [0.5, 0.6) is 0 Å². The van der Waals surface area contributed by atoms with Gasteiger partial charge >= 0.3 is 5.97 Å². The molecule has 96 valence electrons. The average Bonchev–Trinajstić information content (AvgIpc) is 2.94. The van der Waals surface area contributed by atoms with Gasteiger partial charge in [0.15, 0.2) is 0 Å². The van der Waals surface area contributed by atoms with Crippen molar-refractivity contribution in [1.29, 1.82) is 0 Å². The second kappa shape index (κ2) is 5.74. The van der Waals surface area contributed by atoms with Crippen LogP contribution in [0.4, 0.5) is 0 Å². The number of rotatable bonds is 6. The molecular weight excluding hydrogens is 252 g/mol. The van der Waals surface area contributed by atoms with Crippen molar-refractivity contribution in [2.75, 3.05) is 6.54 Å². The minimum absolute atomic E-state index is 0.404. The van der Waals surface area contributed by atoms with E-state index in [0.29, 0.717) is 11.4 Å². The van der Waals surface area contributed by atoms with Crippen molar-refractivity contribution < 1.29 is 9.90 Å². The fraction of sp³-hybridized carbons (Fsp3) is 0.364. The van der Waals surface area contributed by atoms with Crippen molar-refractivity contribution >= 4 is 17.3 Å². The van der Waals surface area contributed by atoms with Gasteiger partial charge in [0.25, 0.3) is 0 Å². The Labute approximate surface area is 108 Å². The van der Waals surface area contributed by atoms with E-state index in [0.717, 1.165) is 24.4 Å². The summed E-state index contributed by atoms with van der Waals surface area (Å²) in [6.45, 7) is 1.30. The molecule has 0 saturated heterocycles. The van der Waals surface area contributed by atoms with Crippen LogP contribution < -0.4 is 5.32 Å². The summed E-state index contributed by atoms with van der Waals surface area (Å²) in [6.07, 6.45) is 2.43. The molecule has 0 spiro atoms. The smallest absolute Gasteiger partial charge is 0.346 e. The van der Waals surface area contributed by atoms with Crippen LogP contribution in [-0.2, 0) is 20.0 Å². The highest BCUT2D eigenvalue weighted by Gasteiger charge is 2.10. The van der Waals surface area contributed by atoms with Crippen molar-refractivity contribution in [2.24, 2.45) is 7.05 Å². The molecule has 0 aliphatic carbocycles. The van der Waals surface area contributed by atoms with Gasteiger partial charge in [-0.05, 0) is 17.0 Å². The number of aromatic carboxylic acids is 1. The predicted molar refractivity (Wildman–Crippen MR) is 67.7 cm³/mol. The van der Waals surface area contributed by atoms with E-state index in [1.165, 1.54) is 11.3 Å². The van der Waals surface area contributed by atoms with Gasteiger partial charge in [0.2, 0.25) is 0 Å². The lowest BCUT2D eigenvalue weighted by atomic mass is 10.2. The molecule has 0 bridgehead atoms. The highest BCUT2D eigenvalue weighted by molar-refractivity contribution is 7.12. The van der Waals surface area contributed by atoms with Crippen LogP contribution in [0.15, 0.2) is 17.8 Å². The number of carboxylic acid groups (broad SMARTS) is 1. The average molecular weight is 266 g/mol. The molecule has 18 heavy (non-hydrogen) atoms. The fourth-order valence-electron chi connectivity index (χ4n) is 1.62. The summed E-state index contributed by atoms with van der Waals surface area (Å²) in [7, 11) is 1.90. The minimum Gasteiger partial charge on any atom is -0.477 e. The molecule has 7 heteroatoms. The summed E-state index contributed by atoms with van der Waals surface area (Å²) in [4.78, 5) is 11.3. The van der Waals surface area contributed by atoms with Gasteiger partial charge in [0, 0.05) is 26.6 Å². The van der Waals surface area contributed by atoms with Crippen LogP contribution in [0.1, 0.15) is 21.1 Å². The van der Waals surface area contributed by atoms with Crippen molar-refractivity contribution in [3.63, 3.8) is 0 Å². The van der Waals surface area contributed by atoms with Crippen LogP contribution in [0, 0.1) is 0 Å². The van der Waals surface area contributed by atoms with Crippen LogP contribution >= 0.6 is 11.3 Å². The second-order valence-electron chi connectivity index (χ2n) is 3.86. The first kappa shape index (κ1) is 12.7. The highest BCUT2D eigenvalue weighted by atomic mass is 32.1. The van der Waals surface area contributed by atoms with Crippen LogP contribution in [-0.4, -0.2) is 32.4 Å². The number of thiophene rings is 1. The molecule has 0 fully saturated rings. The molecule has 2 heterocycles. The van der Waals surface area contributed by atoms with Crippen LogP contribution in [0.25, 0.3) is 0 Å². The Bertz CT molecular complexity index is 535. The zero-order valence-electron chi connectivity index (χ0n) is 9.96. The van der Waals surface area contributed by atoms with E-state index in [1.54, 1.807) is 11.7 Å². The topological polar surface area (TPSA) is 80.0 Å². The van der Waals surface area contributed by atoms with Crippen molar-refractivity contribution in [3.8, 4) is 0 Å². The van der Waals surface area contributed by atoms with E-state index < -0.39 is 5.97 Å². The molecule has 0 amide bonds.